The summed E-state index contributed by atoms with van der Waals surface area (Å²) in [4.78, 5) is 11.6. The number of carbonyl (C=O) groups excluding carboxylic acids is 1. The lowest BCUT2D eigenvalue weighted by Gasteiger charge is -2.28. The summed E-state index contributed by atoms with van der Waals surface area (Å²) in [6.45, 7) is 12.4. The summed E-state index contributed by atoms with van der Waals surface area (Å²) in [6, 6.07) is 0.126. The van der Waals surface area contributed by atoms with E-state index < -0.39 is 0 Å². The molecule has 1 amide bonds. The summed E-state index contributed by atoms with van der Waals surface area (Å²) in [5.74, 6) is 0.402. The Balaban J connectivity index is 4.05. The SMILES string of the molecule is CC(C)C(N)CC(=O)NC(C)C(C)(C)C. The molecule has 0 aromatic heterocycles. The summed E-state index contributed by atoms with van der Waals surface area (Å²) in [6.07, 6.45) is 0.415. The third-order valence-electron chi connectivity index (χ3n) is 2.95. The first-order valence-corrected chi connectivity index (χ1v) is 5.69. The smallest absolute Gasteiger partial charge is 0.221 e. The zero-order valence-electron chi connectivity index (χ0n) is 10.9. The molecular weight excluding hydrogens is 188 g/mol. The van der Waals surface area contributed by atoms with Gasteiger partial charge in [-0.25, -0.2) is 0 Å². The molecule has 0 aromatic rings. The molecule has 0 fully saturated rings. The highest BCUT2D eigenvalue weighted by atomic mass is 16.1. The van der Waals surface area contributed by atoms with E-state index in [1.165, 1.54) is 0 Å². The predicted octanol–water partition coefficient (Wildman–Crippen LogP) is 1.91. The molecule has 15 heavy (non-hydrogen) atoms. The van der Waals surface area contributed by atoms with Gasteiger partial charge in [-0.2, -0.15) is 0 Å². The van der Waals surface area contributed by atoms with E-state index in [0.29, 0.717) is 12.3 Å². The Morgan fingerprint density at radius 1 is 1.27 bits per heavy atom. The number of carbonyl (C=O) groups is 1. The van der Waals surface area contributed by atoms with Gasteiger partial charge in [-0.3, -0.25) is 4.79 Å². The first-order chi connectivity index (χ1) is 6.64. The van der Waals surface area contributed by atoms with Gasteiger partial charge in [-0.05, 0) is 18.3 Å². The summed E-state index contributed by atoms with van der Waals surface area (Å²) in [7, 11) is 0. The Morgan fingerprint density at radius 2 is 1.73 bits per heavy atom. The highest BCUT2D eigenvalue weighted by molar-refractivity contribution is 5.76. The molecule has 0 aliphatic rings. The lowest BCUT2D eigenvalue weighted by Crippen LogP contribution is -2.44. The fraction of sp³-hybridized carbons (Fsp3) is 0.917. The van der Waals surface area contributed by atoms with Gasteiger partial charge < -0.3 is 11.1 Å². The molecule has 0 spiro atoms. The molecule has 0 saturated carbocycles. The van der Waals surface area contributed by atoms with Crippen molar-refractivity contribution >= 4 is 5.91 Å². The van der Waals surface area contributed by atoms with Crippen molar-refractivity contribution < 1.29 is 4.79 Å². The number of nitrogens with one attached hydrogen (secondary N) is 1. The maximum atomic E-state index is 11.6. The Bertz CT molecular complexity index is 206. The topological polar surface area (TPSA) is 55.1 Å². The fourth-order valence-corrected chi connectivity index (χ4v) is 0.967. The van der Waals surface area contributed by atoms with Crippen LogP contribution in [0.5, 0.6) is 0 Å². The molecule has 3 nitrogen and oxygen atoms in total. The van der Waals surface area contributed by atoms with E-state index in [-0.39, 0.29) is 23.4 Å². The second kappa shape index (κ2) is 5.50. The van der Waals surface area contributed by atoms with Gasteiger partial charge in [0.2, 0.25) is 5.91 Å². The number of hydrogen-bond acceptors (Lipinski definition) is 2. The van der Waals surface area contributed by atoms with Crippen LogP contribution in [0.1, 0.15) is 48.0 Å². The molecule has 2 atom stereocenters. The van der Waals surface area contributed by atoms with Crippen LogP contribution in [0.2, 0.25) is 0 Å². The van der Waals surface area contributed by atoms with Gasteiger partial charge in [-0.15, -0.1) is 0 Å². The second-order valence-corrected chi connectivity index (χ2v) is 5.77. The molecule has 2 unspecified atom stereocenters. The van der Waals surface area contributed by atoms with Crippen molar-refractivity contribution in [3.63, 3.8) is 0 Å². The lowest BCUT2D eigenvalue weighted by atomic mass is 9.88. The Labute approximate surface area is 93.8 Å². The molecule has 0 bridgehead atoms. The molecule has 3 N–H and O–H groups in total. The van der Waals surface area contributed by atoms with Crippen LogP contribution in [-0.4, -0.2) is 18.0 Å². The van der Waals surface area contributed by atoms with Gasteiger partial charge in [0, 0.05) is 18.5 Å². The van der Waals surface area contributed by atoms with E-state index in [9.17, 15) is 4.79 Å². The highest BCUT2D eigenvalue weighted by Crippen LogP contribution is 2.18. The van der Waals surface area contributed by atoms with Crippen molar-refractivity contribution in [2.75, 3.05) is 0 Å². The van der Waals surface area contributed by atoms with Crippen molar-refractivity contribution in [2.24, 2.45) is 17.1 Å². The molecule has 3 heteroatoms. The van der Waals surface area contributed by atoms with Gasteiger partial charge in [0.1, 0.15) is 0 Å². The molecule has 0 saturated heterocycles. The van der Waals surface area contributed by atoms with Crippen LogP contribution in [0.15, 0.2) is 0 Å². The molecule has 0 aliphatic carbocycles. The van der Waals surface area contributed by atoms with E-state index in [1.54, 1.807) is 0 Å². The van der Waals surface area contributed by atoms with E-state index in [1.807, 2.05) is 20.8 Å². The standard InChI is InChI=1S/C12H26N2O/c1-8(2)10(13)7-11(15)14-9(3)12(4,5)6/h8-10H,7,13H2,1-6H3,(H,14,15). The first-order valence-electron chi connectivity index (χ1n) is 5.69. The van der Waals surface area contributed by atoms with Crippen LogP contribution < -0.4 is 11.1 Å². The largest absolute Gasteiger partial charge is 0.353 e. The van der Waals surface area contributed by atoms with Crippen molar-refractivity contribution in [1.29, 1.82) is 0 Å². The van der Waals surface area contributed by atoms with Crippen molar-refractivity contribution in [2.45, 2.75) is 60.0 Å². The van der Waals surface area contributed by atoms with E-state index in [4.69, 9.17) is 5.73 Å². The number of nitrogens with two attached hydrogens (primary N) is 1. The summed E-state index contributed by atoms with van der Waals surface area (Å²) in [5, 5.41) is 2.99. The minimum absolute atomic E-state index is 0.0443. The quantitative estimate of drug-likeness (QED) is 0.751. The van der Waals surface area contributed by atoms with Crippen molar-refractivity contribution in [3.8, 4) is 0 Å². The van der Waals surface area contributed by atoms with Gasteiger partial charge in [0.15, 0.2) is 0 Å². The van der Waals surface area contributed by atoms with E-state index in [2.05, 4.69) is 26.1 Å². The Morgan fingerprint density at radius 3 is 2.07 bits per heavy atom. The zero-order valence-corrected chi connectivity index (χ0v) is 10.9. The normalized spacial score (nSPS) is 16.3. The average molecular weight is 214 g/mol. The van der Waals surface area contributed by atoms with Crippen LogP contribution in [0.25, 0.3) is 0 Å². The maximum absolute atomic E-state index is 11.6. The number of amides is 1. The molecule has 0 aliphatic heterocycles. The minimum atomic E-state index is -0.0443. The zero-order chi connectivity index (χ0) is 12.2. The van der Waals surface area contributed by atoms with E-state index >= 15 is 0 Å². The maximum Gasteiger partial charge on any atom is 0.221 e. The van der Waals surface area contributed by atoms with Gasteiger partial charge in [0.05, 0.1) is 0 Å². The van der Waals surface area contributed by atoms with Crippen molar-refractivity contribution in [3.05, 3.63) is 0 Å². The fourth-order valence-electron chi connectivity index (χ4n) is 0.967. The first kappa shape index (κ1) is 14.4. The van der Waals surface area contributed by atoms with Crippen LogP contribution >= 0.6 is 0 Å². The monoisotopic (exact) mass is 214 g/mol. The van der Waals surface area contributed by atoms with Crippen LogP contribution in [0.3, 0.4) is 0 Å². The summed E-state index contributed by atoms with van der Waals surface area (Å²) >= 11 is 0. The molecular formula is C12H26N2O. The second-order valence-electron chi connectivity index (χ2n) is 5.77. The molecule has 0 aromatic carbocycles. The third-order valence-corrected chi connectivity index (χ3v) is 2.95. The highest BCUT2D eigenvalue weighted by Gasteiger charge is 2.22. The molecule has 90 valence electrons. The van der Waals surface area contributed by atoms with Crippen LogP contribution in [0.4, 0.5) is 0 Å². The average Bonchev–Trinajstić information content (AvgIpc) is 2.01. The van der Waals surface area contributed by atoms with Gasteiger partial charge >= 0.3 is 0 Å². The molecule has 0 heterocycles. The number of rotatable bonds is 4. The summed E-state index contributed by atoms with van der Waals surface area (Å²) in [5.41, 5.74) is 5.94. The Kier molecular flexibility index (Phi) is 5.29. The third kappa shape index (κ3) is 5.78. The predicted molar refractivity (Wildman–Crippen MR) is 64.5 cm³/mol. The number of hydrogen-bond donors (Lipinski definition) is 2. The lowest BCUT2D eigenvalue weighted by molar-refractivity contribution is -0.122. The van der Waals surface area contributed by atoms with E-state index in [0.717, 1.165) is 0 Å². The van der Waals surface area contributed by atoms with Gasteiger partial charge in [-0.1, -0.05) is 34.6 Å². The minimum Gasteiger partial charge on any atom is -0.353 e. The molecule has 0 rings (SSSR count). The Hall–Kier alpha value is -0.570. The van der Waals surface area contributed by atoms with Crippen molar-refractivity contribution in [1.82, 2.24) is 5.32 Å². The van der Waals surface area contributed by atoms with Crippen LogP contribution in [0, 0.1) is 11.3 Å². The van der Waals surface area contributed by atoms with Crippen LogP contribution in [-0.2, 0) is 4.79 Å². The summed E-state index contributed by atoms with van der Waals surface area (Å²) < 4.78 is 0. The molecule has 0 radical (unpaired) electrons. The van der Waals surface area contributed by atoms with Gasteiger partial charge in [0.25, 0.3) is 0 Å².